The zero-order valence-corrected chi connectivity index (χ0v) is 6.99. The predicted molar refractivity (Wildman–Crippen MR) is 43.5 cm³/mol. The van der Waals surface area contributed by atoms with Crippen molar-refractivity contribution in [3.8, 4) is 0 Å². The van der Waals surface area contributed by atoms with Gasteiger partial charge in [0.05, 0.1) is 6.10 Å². The summed E-state index contributed by atoms with van der Waals surface area (Å²) in [4.78, 5) is 11.0. The van der Waals surface area contributed by atoms with Crippen LogP contribution < -0.4 is 5.32 Å². The molecule has 0 spiro atoms. The van der Waals surface area contributed by atoms with Crippen LogP contribution in [0.4, 0.5) is 0 Å². The average molecular weight is 173 g/mol. The summed E-state index contributed by atoms with van der Waals surface area (Å²) in [5.74, 6) is -0.0269. The first-order chi connectivity index (χ1) is 5.72. The van der Waals surface area contributed by atoms with Gasteiger partial charge in [-0.15, -0.1) is 0 Å². The molecule has 0 saturated heterocycles. The Kier molecular flexibility index (Phi) is 3.49. The van der Waals surface area contributed by atoms with Gasteiger partial charge in [0.2, 0.25) is 5.91 Å². The van der Waals surface area contributed by atoms with Crippen molar-refractivity contribution in [2.75, 3.05) is 6.61 Å². The SMILES string of the molecule is O=C(CCCO)NC1CC(O)C1. The second-order valence-electron chi connectivity index (χ2n) is 3.22. The van der Waals surface area contributed by atoms with Crippen molar-refractivity contribution in [3.63, 3.8) is 0 Å². The van der Waals surface area contributed by atoms with Gasteiger partial charge in [-0.1, -0.05) is 0 Å². The van der Waals surface area contributed by atoms with Crippen LogP contribution in [0.1, 0.15) is 25.7 Å². The minimum atomic E-state index is -0.229. The average Bonchev–Trinajstić information content (AvgIpc) is 1.98. The lowest BCUT2D eigenvalue weighted by molar-refractivity contribution is -0.123. The van der Waals surface area contributed by atoms with Crippen LogP contribution >= 0.6 is 0 Å². The van der Waals surface area contributed by atoms with Gasteiger partial charge < -0.3 is 15.5 Å². The molecule has 0 unspecified atom stereocenters. The van der Waals surface area contributed by atoms with Crippen molar-refractivity contribution in [2.45, 2.75) is 37.8 Å². The summed E-state index contributed by atoms with van der Waals surface area (Å²) in [7, 11) is 0. The molecule has 0 atom stereocenters. The highest BCUT2D eigenvalue weighted by atomic mass is 16.3. The Balaban J connectivity index is 2.03. The number of carbonyl (C=O) groups excluding carboxylic acids is 1. The molecule has 4 nitrogen and oxygen atoms in total. The fourth-order valence-corrected chi connectivity index (χ4v) is 1.25. The largest absolute Gasteiger partial charge is 0.396 e. The molecular weight excluding hydrogens is 158 g/mol. The molecule has 0 aliphatic heterocycles. The predicted octanol–water partition coefficient (Wildman–Crippen LogP) is -0.602. The third-order valence-electron chi connectivity index (χ3n) is 2.04. The molecule has 70 valence electrons. The number of aliphatic hydroxyl groups is 2. The molecular formula is C8H15NO3. The Hall–Kier alpha value is -0.610. The van der Waals surface area contributed by atoms with Crippen LogP contribution in [-0.2, 0) is 4.79 Å². The van der Waals surface area contributed by atoms with Crippen LogP contribution in [0.15, 0.2) is 0 Å². The summed E-state index contributed by atoms with van der Waals surface area (Å²) in [6, 6.07) is 0.159. The third kappa shape index (κ3) is 2.79. The molecule has 0 heterocycles. The molecule has 1 saturated carbocycles. The van der Waals surface area contributed by atoms with Crippen LogP contribution in [-0.4, -0.2) is 34.9 Å². The van der Waals surface area contributed by atoms with E-state index in [1.54, 1.807) is 0 Å². The van der Waals surface area contributed by atoms with Gasteiger partial charge in [-0.2, -0.15) is 0 Å². The maximum atomic E-state index is 11.0. The standard InChI is InChI=1S/C8H15NO3/c10-3-1-2-8(12)9-6-4-7(11)5-6/h6-7,10-11H,1-5H2,(H,9,12). The second kappa shape index (κ2) is 4.42. The van der Waals surface area contributed by atoms with Gasteiger partial charge in [-0.3, -0.25) is 4.79 Å². The first-order valence-corrected chi connectivity index (χ1v) is 4.30. The van der Waals surface area contributed by atoms with E-state index in [0.29, 0.717) is 25.7 Å². The molecule has 1 rings (SSSR count). The summed E-state index contributed by atoms with van der Waals surface area (Å²) < 4.78 is 0. The van der Waals surface area contributed by atoms with Gasteiger partial charge in [0.25, 0.3) is 0 Å². The fraction of sp³-hybridized carbons (Fsp3) is 0.875. The highest BCUT2D eigenvalue weighted by Gasteiger charge is 2.27. The van der Waals surface area contributed by atoms with E-state index < -0.39 is 0 Å². The Morgan fingerprint density at radius 1 is 1.50 bits per heavy atom. The minimum absolute atomic E-state index is 0.0269. The van der Waals surface area contributed by atoms with Crippen LogP contribution in [0.3, 0.4) is 0 Å². The Bertz CT molecular complexity index is 154. The minimum Gasteiger partial charge on any atom is -0.396 e. The second-order valence-corrected chi connectivity index (χ2v) is 3.22. The summed E-state index contributed by atoms with van der Waals surface area (Å²) >= 11 is 0. The maximum absolute atomic E-state index is 11.0. The number of carbonyl (C=O) groups is 1. The van der Waals surface area contributed by atoms with Gasteiger partial charge in [0.1, 0.15) is 0 Å². The van der Waals surface area contributed by atoms with Crippen LogP contribution in [0.5, 0.6) is 0 Å². The molecule has 3 N–H and O–H groups in total. The number of aliphatic hydroxyl groups excluding tert-OH is 2. The topological polar surface area (TPSA) is 69.6 Å². The van der Waals surface area contributed by atoms with E-state index in [0.717, 1.165) is 0 Å². The van der Waals surface area contributed by atoms with Gasteiger partial charge in [-0.25, -0.2) is 0 Å². The summed E-state index contributed by atoms with van der Waals surface area (Å²) in [6.07, 6.45) is 2.01. The quantitative estimate of drug-likeness (QED) is 0.531. The van der Waals surface area contributed by atoms with E-state index in [-0.39, 0.29) is 24.7 Å². The van der Waals surface area contributed by atoms with E-state index in [9.17, 15) is 4.79 Å². The molecule has 1 aliphatic rings. The normalized spacial score (nSPS) is 27.8. The summed E-state index contributed by atoms with van der Waals surface area (Å²) in [6.45, 7) is 0.0563. The van der Waals surface area contributed by atoms with E-state index >= 15 is 0 Å². The monoisotopic (exact) mass is 173 g/mol. The lowest BCUT2D eigenvalue weighted by Gasteiger charge is -2.31. The van der Waals surface area contributed by atoms with Gasteiger partial charge in [0, 0.05) is 19.1 Å². The molecule has 0 radical (unpaired) electrons. The maximum Gasteiger partial charge on any atom is 0.220 e. The molecule has 1 fully saturated rings. The molecule has 4 heteroatoms. The van der Waals surface area contributed by atoms with E-state index in [2.05, 4.69) is 5.32 Å². The number of rotatable bonds is 4. The van der Waals surface area contributed by atoms with Crippen molar-refractivity contribution in [1.82, 2.24) is 5.32 Å². The molecule has 12 heavy (non-hydrogen) atoms. The lowest BCUT2D eigenvalue weighted by Crippen LogP contribution is -2.46. The number of nitrogens with one attached hydrogen (secondary N) is 1. The van der Waals surface area contributed by atoms with E-state index in [1.807, 2.05) is 0 Å². The summed E-state index contributed by atoms with van der Waals surface area (Å²) in [5.41, 5.74) is 0. The third-order valence-corrected chi connectivity index (χ3v) is 2.04. The van der Waals surface area contributed by atoms with Crippen molar-refractivity contribution in [2.24, 2.45) is 0 Å². The molecule has 0 aromatic carbocycles. The molecule has 0 aromatic heterocycles. The Morgan fingerprint density at radius 3 is 2.67 bits per heavy atom. The smallest absolute Gasteiger partial charge is 0.220 e. The number of hydrogen-bond acceptors (Lipinski definition) is 3. The number of hydrogen-bond donors (Lipinski definition) is 3. The van der Waals surface area contributed by atoms with E-state index in [1.165, 1.54) is 0 Å². The fourth-order valence-electron chi connectivity index (χ4n) is 1.25. The van der Waals surface area contributed by atoms with Crippen molar-refractivity contribution in [1.29, 1.82) is 0 Å². The number of amides is 1. The van der Waals surface area contributed by atoms with Crippen LogP contribution in [0.25, 0.3) is 0 Å². The molecule has 0 bridgehead atoms. The first kappa shape index (κ1) is 9.48. The molecule has 1 aliphatic carbocycles. The highest BCUT2D eigenvalue weighted by Crippen LogP contribution is 2.19. The van der Waals surface area contributed by atoms with Gasteiger partial charge in [0.15, 0.2) is 0 Å². The highest BCUT2D eigenvalue weighted by molar-refractivity contribution is 5.76. The van der Waals surface area contributed by atoms with Gasteiger partial charge >= 0.3 is 0 Å². The Morgan fingerprint density at radius 2 is 2.17 bits per heavy atom. The Labute approximate surface area is 71.6 Å². The zero-order valence-electron chi connectivity index (χ0n) is 6.99. The summed E-state index contributed by atoms with van der Waals surface area (Å²) in [5, 5.41) is 20.1. The molecule has 1 amide bonds. The first-order valence-electron chi connectivity index (χ1n) is 4.30. The van der Waals surface area contributed by atoms with Gasteiger partial charge in [-0.05, 0) is 19.3 Å². The lowest BCUT2D eigenvalue weighted by atomic mass is 9.89. The van der Waals surface area contributed by atoms with E-state index in [4.69, 9.17) is 10.2 Å². The van der Waals surface area contributed by atoms with Crippen molar-refractivity contribution >= 4 is 5.91 Å². The molecule has 0 aromatic rings. The van der Waals surface area contributed by atoms with Crippen LogP contribution in [0, 0.1) is 0 Å². The van der Waals surface area contributed by atoms with Crippen LogP contribution in [0.2, 0.25) is 0 Å². The van der Waals surface area contributed by atoms with Crippen molar-refractivity contribution < 1.29 is 15.0 Å². The zero-order chi connectivity index (χ0) is 8.97. The van der Waals surface area contributed by atoms with Crippen molar-refractivity contribution in [3.05, 3.63) is 0 Å².